The third kappa shape index (κ3) is 6.83. The topological polar surface area (TPSA) is 68.3 Å². The number of carbonyl (C=O) groups excluding carboxylic acids is 2. The molecule has 41 heavy (non-hydrogen) atoms. The average Bonchev–Trinajstić information content (AvgIpc) is 3.36. The fourth-order valence-electron chi connectivity index (χ4n) is 6.18. The van der Waals surface area contributed by atoms with E-state index in [0.717, 1.165) is 25.7 Å². The predicted molar refractivity (Wildman–Crippen MR) is 152 cm³/mol. The van der Waals surface area contributed by atoms with Crippen LogP contribution in [0.15, 0.2) is 42.5 Å². The van der Waals surface area contributed by atoms with E-state index in [2.05, 4.69) is 43.3 Å². The molecule has 2 fully saturated rings. The van der Waals surface area contributed by atoms with Crippen molar-refractivity contribution in [3.63, 3.8) is 0 Å². The number of hydrogen-bond acceptors (Lipinski definition) is 6. The van der Waals surface area contributed by atoms with Gasteiger partial charge in [-0.3, -0.25) is 9.80 Å². The van der Waals surface area contributed by atoms with Crippen LogP contribution in [0.4, 0.5) is 13.6 Å². The summed E-state index contributed by atoms with van der Waals surface area (Å²) in [4.78, 5) is 28.7. The molecule has 0 aromatic heterocycles. The van der Waals surface area contributed by atoms with Crippen molar-refractivity contribution < 1.29 is 32.6 Å². The summed E-state index contributed by atoms with van der Waals surface area (Å²) in [5, 5.41) is 0. The van der Waals surface area contributed by atoms with Gasteiger partial charge >= 0.3 is 12.1 Å². The van der Waals surface area contributed by atoms with Gasteiger partial charge in [0.25, 0.3) is 0 Å². The van der Waals surface area contributed by atoms with Crippen molar-refractivity contribution in [2.75, 3.05) is 27.7 Å². The molecule has 2 atom stereocenters. The number of esters is 1. The van der Waals surface area contributed by atoms with Gasteiger partial charge in [-0.15, -0.1) is 0 Å². The van der Waals surface area contributed by atoms with E-state index >= 15 is 4.39 Å². The first-order valence-electron chi connectivity index (χ1n) is 14.3. The molecule has 1 saturated carbocycles. The van der Waals surface area contributed by atoms with Gasteiger partial charge in [0.2, 0.25) is 0 Å². The Labute approximate surface area is 241 Å². The summed E-state index contributed by atoms with van der Waals surface area (Å²) in [6, 6.07) is 12.2. The van der Waals surface area contributed by atoms with Crippen LogP contribution in [0.25, 0.3) is 0 Å². The maximum absolute atomic E-state index is 15.7. The fraction of sp³-hybridized carbons (Fsp3) is 0.562. The molecule has 1 aliphatic heterocycles. The molecular weight excluding hydrogens is 530 g/mol. The number of benzene rings is 2. The maximum Gasteiger partial charge on any atom is 0.411 e. The van der Waals surface area contributed by atoms with E-state index in [0.29, 0.717) is 12.0 Å². The molecule has 1 saturated heterocycles. The molecule has 7 nitrogen and oxygen atoms in total. The lowest BCUT2D eigenvalue weighted by Gasteiger charge is -2.45. The number of hydrogen-bond donors (Lipinski definition) is 0. The largest absolute Gasteiger partial charge is 0.482 e. The normalized spacial score (nSPS) is 24.8. The zero-order valence-corrected chi connectivity index (χ0v) is 24.9. The molecule has 4 rings (SSSR count). The van der Waals surface area contributed by atoms with Gasteiger partial charge in [0.1, 0.15) is 17.7 Å². The van der Waals surface area contributed by atoms with Gasteiger partial charge in [-0.2, -0.15) is 0 Å². The Bertz CT molecular complexity index is 1220. The molecule has 0 spiro atoms. The molecule has 2 aliphatic rings. The molecule has 0 N–H and O–H groups in total. The van der Waals surface area contributed by atoms with E-state index < -0.39 is 47.2 Å². The third-order valence-corrected chi connectivity index (χ3v) is 8.39. The molecule has 1 aliphatic carbocycles. The number of carbonyl (C=O) groups is 2. The highest BCUT2D eigenvalue weighted by atomic mass is 19.1. The van der Waals surface area contributed by atoms with E-state index in [1.807, 2.05) is 6.07 Å². The third-order valence-electron chi connectivity index (χ3n) is 8.39. The first-order valence-corrected chi connectivity index (χ1v) is 14.3. The number of methoxy groups -OCH3 is 1. The Morgan fingerprint density at radius 1 is 1.05 bits per heavy atom. The van der Waals surface area contributed by atoms with Crippen LogP contribution in [-0.4, -0.2) is 67.4 Å². The summed E-state index contributed by atoms with van der Waals surface area (Å²) in [5.41, 5.74) is 0.839. The Morgan fingerprint density at radius 2 is 1.71 bits per heavy atom. The van der Waals surface area contributed by atoms with Crippen LogP contribution in [-0.2, 0) is 26.2 Å². The van der Waals surface area contributed by atoms with Crippen molar-refractivity contribution in [3.05, 3.63) is 65.2 Å². The van der Waals surface area contributed by atoms with E-state index in [1.54, 1.807) is 20.8 Å². The van der Waals surface area contributed by atoms with Gasteiger partial charge in [-0.25, -0.2) is 18.4 Å². The molecule has 0 radical (unpaired) electrons. The second-order valence-electron chi connectivity index (χ2n) is 12.4. The fourth-order valence-corrected chi connectivity index (χ4v) is 6.18. The van der Waals surface area contributed by atoms with Crippen molar-refractivity contribution in [2.45, 2.75) is 82.6 Å². The summed E-state index contributed by atoms with van der Waals surface area (Å²) in [5.74, 6) is -2.43. The van der Waals surface area contributed by atoms with Crippen molar-refractivity contribution in [1.82, 2.24) is 9.80 Å². The molecule has 1 amide bonds. The van der Waals surface area contributed by atoms with Crippen LogP contribution in [0.3, 0.4) is 0 Å². The SMILES string of the molecule is COC(=O)[C@@H]1C[C@H](Oc2c(F)ccc(CC3CCC(c4ccccc4)(N(C)C)CC3)c2F)CN1C(=O)OC(C)(C)C. The van der Waals surface area contributed by atoms with Crippen molar-refractivity contribution in [3.8, 4) is 5.75 Å². The molecule has 9 heteroatoms. The lowest BCUT2D eigenvalue weighted by atomic mass is 9.70. The monoisotopic (exact) mass is 572 g/mol. The molecule has 0 unspecified atom stereocenters. The van der Waals surface area contributed by atoms with Crippen molar-refractivity contribution >= 4 is 12.1 Å². The van der Waals surface area contributed by atoms with Crippen molar-refractivity contribution in [1.29, 1.82) is 0 Å². The van der Waals surface area contributed by atoms with Gasteiger partial charge in [-0.1, -0.05) is 36.4 Å². The summed E-state index contributed by atoms with van der Waals surface area (Å²) in [6.07, 6.45) is 2.69. The summed E-state index contributed by atoms with van der Waals surface area (Å²) in [7, 11) is 5.43. The quantitative estimate of drug-likeness (QED) is 0.375. The summed E-state index contributed by atoms with van der Waals surface area (Å²) < 4.78 is 46.7. The van der Waals surface area contributed by atoms with Crippen LogP contribution in [0, 0.1) is 17.6 Å². The molecule has 1 heterocycles. The number of likely N-dealkylation sites (tertiary alicyclic amines) is 1. The van der Waals surface area contributed by atoms with Gasteiger partial charge in [-0.05, 0) is 90.1 Å². The first-order chi connectivity index (χ1) is 19.3. The Balaban J connectivity index is 1.46. The number of nitrogens with zero attached hydrogens (tertiary/aromatic N) is 2. The standard InChI is InChI=1S/C32H42F2N2O5/c1-31(2,3)41-30(38)36-20-24(19-26(36)29(37)39-6)40-28-25(33)13-12-22(27(28)34)18-21-14-16-32(17-15-21,35(4)5)23-10-8-7-9-11-23/h7-13,21,24,26H,14-20H2,1-6H3/t21?,24-,26-,32?/m0/s1. The maximum atomic E-state index is 15.7. The van der Waals surface area contributed by atoms with Crippen LogP contribution in [0.1, 0.15) is 64.0 Å². The molecule has 2 aromatic carbocycles. The smallest absolute Gasteiger partial charge is 0.411 e. The highest BCUT2D eigenvalue weighted by molar-refractivity contribution is 5.82. The summed E-state index contributed by atoms with van der Waals surface area (Å²) >= 11 is 0. The minimum Gasteiger partial charge on any atom is -0.482 e. The highest BCUT2D eigenvalue weighted by Crippen LogP contribution is 2.44. The summed E-state index contributed by atoms with van der Waals surface area (Å²) in [6.45, 7) is 5.08. The number of amides is 1. The van der Waals surface area contributed by atoms with Crippen LogP contribution in [0.2, 0.25) is 0 Å². The van der Waals surface area contributed by atoms with E-state index in [1.165, 1.54) is 29.7 Å². The van der Waals surface area contributed by atoms with Gasteiger partial charge in [0, 0.05) is 12.0 Å². The lowest BCUT2D eigenvalue weighted by Crippen LogP contribution is -2.44. The van der Waals surface area contributed by atoms with Crippen LogP contribution < -0.4 is 4.74 Å². The number of rotatable bonds is 7. The number of ether oxygens (including phenoxy) is 3. The molecule has 224 valence electrons. The second-order valence-corrected chi connectivity index (χ2v) is 12.4. The average molecular weight is 573 g/mol. The minimum atomic E-state index is -0.974. The highest BCUT2D eigenvalue weighted by Gasteiger charge is 2.44. The van der Waals surface area contributed by atoms with Gasteiger partial charge in [0.05, 0.1) is 13.7 Å². The van der Waals surface area contributed by atoms with E-state index in [4.69, 9.17) is 14.2 Å². The lowest BCUT2D eigenvalue weighted by molar-refractivity contribution is -0.145. The Kier molecular flexibility index (Phi) is 9.26. The second kappa shape index (κ2) is 12.3. The van der Waals surface area contributed by atoms with E-state index in [-0.39, 0.29) is 24.4 Å². The molecular formula is C32H42F2N2O5. The predicted octanol–water partition coefficient (Wildman–Crippen LogP) is 6.08. The van der Waals surface area contributed by atoms with Crippen LogP contribution in [0.5, 0.6) is 5.75 Å². The molecule has 2 aromatic rings. The Morgan fingerprint density at radius 3 is 2.29 bits per heavy atom. The molecule has 0 bridgehead atoms. The van der Waals surface area contributed by atoms with Gasteiger partial charge < -0.3 is 14.2 Å². The Hall–Kier alpha value is -3.20. The number of halogens is 2. The van der Waals surface area contributed by atoms with Gasteiger partial charge in [0.15, 0.2) is 17.4 Å². The first kappa shape index (κ1) is 30.8. The van der Waals surface area contributed by atoms with Crippen LogP contribution >= 0.6 is 0 Å². The van der Waals surface area contributed by atoms with Crippen molar-refractivity contribution in [2.24, 2.45) is 5.92 Å². The minimum absolute atomic E-state index is 0.0315. The van der Waals surface area contributed by atoms with E-state index in [9.17, 15) is 14.0 Å². The zero-order valence-electron chi connectivity index (χ0n) is 24.9. The zero-order chi connectivity index (χ0) is 29.9.